The number of para-hydroxylation sites is 1. The summed E-state index contributed by atoms with van der Waals surface area (Å²) >= 11 is 0. The third kappa shape index (κ3) is 4.19. The van der Waals surface area contributed by atoms with E-state index in [0.717, 1.165) is 12.8 Å². The van der Waals surface area contributed by atoms with Gasteiger partial charge in [-0.1, -0.05) is 18.2 Å². The molecule has 0 bridgehead atoms. The van der Waals surface area contributed by atoms with Crippen LogP contribution in [0.2, 0.25) is 0 Å². The zero-order valence-corrected chi connectivity index (χ0v) is 14.4. The topological polar surface area (TPSA) is 125 Å². The smallest absolute Gasteiger partial charge is 0.273 e. The molecule has 1 saturated carbocycles. The van der Waals surface area contributed by atoms with Gasteiger partial charge in [0.25, 0.3) is 11.8 Å². The number of phenols is 1. The van der Waals surface area contributed by atoms with Crippen molar-refractivity contribution in [2.75, 3.05) is 0 Å². The lowest BCUT2D eigenvalue weighted by molar-refractivity contribution is 0.0845. The quantitative estimate of drug-likeness (QED) is 0.578. The molecule has 1 aliphatic carbocycles. The molecule has 0 heterocycles. The molecule has 1 aliphatic rings. The van der Waals surface area contributed by atoms with Crippen LogP contribution in [0.15, 0.2) is 53.4 Å². The van der Waals surface area contributed by atoms with Gasteiger partial charge < -0.3 is 5.11 Å². The van der Waals surface area contributed by atoms with Crippen molar-refractivity contribution in [2.24, 2.45) is 0 Å². The van der Waals surface area contributed by atoms with E-state index in [2.05, 4.69) is 15.6 Å². The number of hydrazine groups is 1. The van der Waals surface area contributed by atoms with Crippen molar-refractivity contribution in [1.29, 1.82) is 0 Å². The average molecular weight is 375 g/mol. The van der Waals surface area contributed by atoms with E-state index in [1.54, 1.807) is 12.1 Å². The molecule has 136 valence electrons. The van der Waals surface area contributed by atoms with E-state index in [-0.39, 0.29) is 27.8 Å². The molecule has 26 heavy (non-hydrogen) atoms. The second-order valence-corrected chi connectivity index (χ2v) is 7.56. The van der Waals surface area contributed by atoms with Gasteiger partial charge in [-0.2, -0.15) is 0 Å². The second-order valence-electron chi connectivity index (χ2n) is 5.85. The van der Waals surface area contributed by atoms with Gasteiger partial charge in [-0.25, -0.2) is 13.1 Å². The van der Waals surface area contributed by atoms with Crippen molar-refractivity contribution in [3.8, 4) is 5.75 Å². The summed E-state index contributed by atoms with van der Waals surface area (Å²) in [5.74, 6) is -1.61. The summed E-state index contributed by atoms with van der Waals surface area (Å²) in [4.78, 5) is 24.1. The molecule has 2 amide bonds. The van der Waals surface area contributed by atoms with Crippen LogP contribution in [0, 0.1) is 0 Å². The summed E-state index contributed by atoms with van der Waals surface area (Å²) in [5.41, 5.74) is 4.43. The van der Waals surface area contributed by atoms with Crippen LogP contribution in [0.4, 0.5) is 0 Å². The molecule has 8 nitrogen and oxygen atoms in total. The number of sulfonamides is 1. The molecule has 3 rings (SSSR count). The van der Waals surface area contributed by atoms with Gasteiger partial charge >= 0.3 is 0 Å². The van der Waals surface area contributed by atoms with Gasteiger partial charge in [-0.15, -0.1) is 0 Å². The number of hydrogen-bond acceptors (Lipinski definition) is 5. The first kappa shape index (κ1) is 17.9. The van der Waals surface area contributed by atoms with Gasteiger partial charge in [-0.05, 0) is 43.2 Å². The molecule has 0 radical (unpaired) electrons. The number of amides is 2. The van der Waals surface area contributed by atoms with Crippen molar-refractivity contribution in [3.63, 3.8) is 0 Å². The molecule has 9 heteroatoms. The number of phenolic OH excluding ortho intramolecular Hbond substituents is 1. The summed E-state index contributed by atoms with van der Waals surface area (Å²) in [6.45, 7) is 0. The van der Waals surface area contributed by atoms with Crippen molar-refractivity contribution in [1.82, 2.24) is 15.6 Å². The fraction of sp³-hybridized carbons (Fsp3) is 0.176. The van der Waals surface area contributed by atoms with Crippen LogP contribution in [0.3, 0.4) is 0 Å². The van der Waals surface area contributed by atoms with Crippen LogP contribution in [-0.4, -0.2) is 31.4 Å². The highest BCUT2D eigenvalue weighted by atomic mass is 32.2. The monoisotopic (exact) mass is 375 g/mol. The lowest BCUT2D eigenvalue weighted by Crippen LogP contribution is -2.41. The summed E-state index contributed by atoms with van der Waals surface area (Å²) in [6, 6.07) is 11.3. The predicted molar refractivity (Wildman–Crippen MR) is 92.8 cm³/mol. The Hall–Kier alpha value is -2.91. The minimum atomic E-state index is -3.68. The standard InChI is InChI=1S/C17H17N3O5S/c21-15-7-2-1-6-14(15)17(23)19-18-16(22)11-4-3-5-13(10-11)26(24,25)20-12-8-9-12/h1-7,10,12,20-21H,8-9H2,(H,18,22)(H,19,23). The van der Waals surface area contributed by atoms with Gasteiger partial charge in [0.15, 0.2) is 0 Å². The van der Waals surface area contributed by atoms with E-state index < -0.39 is 21.8 Å². The molecule has 1 fully saturated rings. The van der Waals surface area contributed by atoms with Crippen LogP contribution < -0.4 is 15.6 Å². The zero-order chi connectivity index (χ0) is 18.7. The van der Waals surface area contributed by atoms with Crippen LogP contribution >= 0.6 is 0 Å². The number of carbonyl (C=O) groups excluding carboxylic acids is 2. The Bertz CT molecular complexity index is 954. The minimum Gasteiger partial charge on any atom is -0.507 e. The first-order valence-corrected chi connectivity index (χ1v) is 9.36. The number of nitrogens with one attached hydrogen (secondary N) is 3. The van der Waals surface area contributed by atoms with Crippen LogP contribution in [0.1, 0.15) is 33.6 Å². The van der Waals surface area contributed by atoms with Crippen molar-refractivity contribution < 1.29 is 23.1 Å². The van der Waals surface area contributed by atoms with E-state index >= 15 is 0 Å². The molecule has 0 aromatic heterocycles. The number of carbonyl (C=O) groups is 2. The van der Waals surface area contributed by atoms with Gasteiger partial charge in [0.1, 0.15) is 5.75 Å². The largest absolute Gasteiger partial charge is 0.507 e. The van der Waals surface area contributed by atoms with Crippen LogP contribution in [0.25, 0.3) is 0 Å². The Morgan fingerprint density at radius 3 is 2.35 bits per heavy atom. The maximum Gasteiger partial charge on any atom is 0.273 e. The highest BCUT2D eigenvalue weighted by Crippen LogP contribution is 2.22. The number of rotatable bonds is 5. The molecule has 0 spiro atoms. The maximum atomic E-state index is 12.2. The second kappa shape index (κ2) is 7.14. The predicted octanol–water partition coefficient (Wildman–Crippen LogP) is 0.908. The van der Waals surface area contributed by atoms with E-state index in [4.69, 9.17) is 0 Å². The number of benzene rings is 2. The van der Waals surface area contributed by atoms with Crippen molar-refractivity contribution in [2.45, 2.75) is 23.8 Å². The van der Waals surface area contributed by atoms with E-state index in [1.807, 2.05) is 0 Å². The third-order valence-corrected chi connectivity index (χ3v) is 5.26. The van der Waals surface area contributed by atoms with Crippen LogP contribution in [0.5, 0.6) is 5.75 Å². The van der Waals surface area contributed by atoms with E-state index in [1.165, 1.54) is 36.4 Å². The Kier molecular flexibility index (Phi) is 4.92. The highest BCUT2D eigenvalue weighted by molar-refractivity contribution is 7.89. The van der Waals surface area contributed by atoms with Crippen molar-refractivity contribution in [3.05, 3.63) is 59.7 Å². The SMILES string of the molecule is O=C(NNC(=O)c1ccccc1O)c1cccc(S(=O)(=O)NC2CC2)c1. The fourth-order valence-corrected chi connectivity index (χ4v) is 3.56. The van der Waals surface area contributed by atoms with E-state index in [9.17, 15) is 23.1 Å². The van der Waals surface area contributed by atoms with E-state index in [0.29, 0.717) is 0 Å². The lowest BCUT2D eigenvalue weighted by Gasteiger charge is -2.10. The Morgan fingerprint density at radius 2 is 1.65 bits per heavy atom. The molecule has 2 aromatic carbocycles. The summed E-state index contributed by atoms with van der Waals surface area (Å²) < 4.78 is 26.9. The summed E-state index contributed by atoms with van der Waals surface area (Å²) in [5, 5.41) is 9.62. The zero-order valence-electron chi connectivity index (χ0n) is 13.6. The lowest BCUT2D eigenvalue weighted by atomic mass is 10.2. The fourth-order valence-electron chi connectivity index (χ4n) is 2.21. The Labute approximate surface area is 150 Å². The molecule has 0 aliphatic heterocycles. The third-order valence-electron chi connectivity index (χ3n) is 3.74. The molecule has 4 N–H and O–H groups in total. The number of hydrogen-bond donors (Lipinski definition) is 4. The summed E-state index contributed by atoms with van der Waals surface area (Å²) in [7, 11) is -3.68. The van der Waals surface area contributed by atoms with Crippen molar-refractivity contribution >= 4 is 21.8 Å². The first-order valence-electron chi connectivity index (χ1n) is 7.88. The van der Waals surface area contributed by atoms with Gasteiger partial charge in [0.2, 0.25) is 10.0 Å². The molecule has 0 atom stereocenters. The van der Waals surface area contributed by atoms with Gasteiger partial charge in [0.05, 0.1) is 10.5 Å². The Morgan fingerprint density at radius 1 is 0.962 bits per heavy atom. The normalized spacial score (nSPS) is 13.8. The molecular formula is C17H17N3O5S. The maximum absolute atomic E-state index is 12.2. The summed E-state index contributed by atoms with van der Waals surface area (Å²) in [6.07, 6.45) is 1.61. The first-order chi connectivity index (χ1) is 12.4. The average Bonchev–Trinajstić information content (AvgIpc) is 3.43. The molecule has 0 saturated heterocycles. The van der Waals surface area contributed by atoms with Crippen LogP contribution in [-0.2, 0) is 10.0 Å². The van der Waals surface area contributed by atoms with Gasteiger partial charge in [-0.3, -0.25) is 20.4 Å². The molecular weight excluding hydrogens is 358 g/mol. The minimum absolute atomic E-state index is 0.00207. The number of aromatic hydroxyl groups is 1. The molecule has 0 unspecified atom stereocenters. The Balaban J connectivity index is 1.67. The highest BCUT2D eigenvalue weighted by Gasteiger charge is 2.28. The van der Waals surface area contributed by atoms with Gasteiger partial charge in [0, 0.05) is 11.6 Å². The molecule has 2 aromatic rings.